The lowest BCUT2D eigenvalue weighted by molar-refractivity contribution is 0.102. The number of anilines is 1. The summed E-state index contributed by atoms with van der Waals surface area (Å²) in [5.41, 5.74) is 4.04. The number of nitrogens with one attached hydrogen (secondary N) is 1. The maximum Gasteiger partial charge on any atom is 0.259 e. The number of pyridine rings is 1. The molecule has 0 spiro atoms. The number of aromatic nitrogens is 1. The first-order valence-electron chi connectivity index (χ1n) is 9.33. The number of benzene rings is 1. The van der Waals surface area contributed by atoms with Gasteiger partial charge in [-0.15, -0.1) is 0 Å². The largest absolute Gasteiger partial charge is 0.306 e. The molecule has 4 rings (SSSR count). The van der Waals surface area contributed by atoms with Crippen LogP contribution in [0.4, 0.5) is 10.2 Å². The highest BCUT2D eigenvalue weighted by atomic mass is 19.1. The van der Waals surface area contributed by atoms with Crippen molar-refractivity contribution in [3.8, 4) is 0 Å². The number of rotatable bonds is 3. The molecule has 26 heavy (non-hydrogen) atoms. The Morgan fingerprint density at radius 2 is 1.88 bits per heavy atom. The van der Waals surface area contributed by atoms with E-state index in [-0.39, 0.29) is 5.56 Å². The molecule has 4 heteroatoms. The van der Waals surface area contributed by atoms with Crippen molar-refractivity contribution in [2.24, 2.45) is 11.8 Å². The molecule has 1 amide bonds. The second-order valence-corrected chi connectivity index (χ2v) is 7.48. The molecule has 2 aromatic rings. The molecule has 1 aromatic heterocycles. The molecule has 134 valence electrons. The van der Waals surface area contributed by atoms with E-state index >= 15 is 0 Å². The van der Waals surface area contributed by atoms with Crippen molar-refractivity contribution in [3.63, 3.8) is 0 Å². The second kappa shape index (κ2) is 7.02. The molecule has 2 aliphatic rings. The average molecular weight is 350 g/mol. The molecule has 1 saturated carbocycles. The number of fused-ring (bicyclic) bond motifs is 1. The molecule has 0 aliphatic heterocycles. The summed E-state index contributed by atoms with van der Waals surface area (Å²) in [6.45, 7) is 2.23. The fourth-order valence-corrected chi connectivity index (χ4v) is 4.44. The van der Waals surface area contributed by atoms with Gasteiger partial charge < -0.3 is 5.32 Å². The van der Waals surface area contributed by atoms with Crippen LogP contribution in [0.15, 0.2) is 48.2 Å². The third kappa shape index (κ3) is 3.28. The van der Waals surface area contributed by atoms with E-state index < -0.39 is 11.7 Å². The summed E-state index contributed by atoms with van der Waals surface area (Å²) in [4.78, 5) is 16.6. The van der Waals surface area contributed by atoms with Crippen molar-refractivity contribution in [1.82, 2.24) is 4.98 Å². The number of hydrogen-bond donors (Lipinski definition) is 1. The van der Waals surface area contributed by atoms with Gasteiger partial charge in [-0.25, -0.2) is 9.37 Å². The number of hydrogen-bond acceptors (Lipinski definition) is 2. The molecule has 1 aromatic carbocycles. The van der Waals surface area contributed by atoms with Crippen LogP contribution in [0, 0.1) is 17.7 Å². The Labute approximate surface area is 153 Å². The van der Waals surface area contributed by atoms with Crippen molar-refractivity contribution in [2.75, 3.05) is 5.32 Å². The molecule has 1 N–H and O–H groups in total. The van der Waals surface area contributed by atoms with E-state index in [4.69, 9.17) is 0 Å². The van der Waals surface area contributed by atoms with E-state index in [1.165, 1.54) is 49.0 Å². The molecule has 0 radical (unpaired) electrons. The first kappa shape index (κ1) is 17.0. The summed E-state index contributed by atoms with van der Waals surface area (Å²) in [7, 11) is 0. The van der Waals surface area contributed by atoms with Crippen molar-refractivity contribution < 1.29 is 9.18 Å². The van der Waals surface area contributed by atoms with E-state index in [0.717, 1.165) is 23.8 Å². The Bertz CT molecular complexity index is 857. The normalized spacial score (nSPS) is 22.2. The maximum absolute atomic E-state index is 13.7. The molecular weight excluding hydrogens is 327 g/mol. The zero-order valence-electron chi connectivity index (χ0n) is 15.0. The fourth-order valence-electron chi connectivity index (χ4n) is 4.44. The number of carbonyl (C=O) groups excluding carboxylic acids is 1. The van der Waals surface area contributed by atoms with Gasteiger partial charge in [-0.1, -0.05) is 24.1 Å². The van der Waals surface area contributed by atoms with Crippen LogP contribution in [-0.2, 0) is 0 Å². The Morgan fingerprint density at radius 3 is 2.62 bits per heavy atom. The van der Waals surface area contributed by atoms with Crippen LogP contribution >= 0.6 is 0 Å². The standard InChI is InChI=1S/C22H23FN2O/c1-14-11-15-5-4-6-16(15)12-19(14)17-9-10-21(24-13-17)25-22(26)18-7-2-3-8-20(18)23/h2-3,7-10,13,15-16H,4-6,11-12H2,1H3,(H,24,25,26). The summed E-state index contributed by atoms with van der Waals surface area (Å²) in [6.07, 6.45) is 8.23. The number of carbonyl (C=O) groups is 1. The summed E-state index contributed by atoms with van der Waals surface area (Å²) < 4.78 is 13.7. The Hall–Kier alpha value is -2.49. The van der Waals surface area contributed by atoms with E-state index in [1.54, 1.807) is 18.2 Å². The number of amides is 1. The lowest BCUT2D eigenvalue weighted by Crippen LogP contribution is -2.16. The zero-order valence-corrected chi connectivity index (χ0v) is 15.0. The highest BCUT2D eigenvalue weighted by molar-refractivity contribution is 6.03. The van der Waals surface area contributed by atoms with Gasteiger partial charge in [-0.05, 0) is 79.8 Å². The lowest BCUT2D eigenvalue weighted by atomic mass is 9.76. The van der Waals surface area contributed by atoms with Gasteiger partial charge in [0, 0.05) is 6.20 Å². The fraction of sp³-hybridized carbons (Fsp3) is 0.364. The van der Waals surface area contributed by atoms with Gasteiger partial charge in [0.15, 0.2) is 0 Å². The lowest BCUT2D eigenvalue weighted by Gasteiger charge is -2.29. The van der Waals surface area contributed by atoms with Crippen LogP contribution in [0.2, 0.25) is 0 Å². The van der Waals surface area contributed by atoms with Crippen LogP contribution in [0.5, 0.6) is 0 Å². The molecule has 3 nitrogen and oxygen atoms in total. The Kier molecular flexibility index (Phi) is 4.58. The minimum Gasteiger partial charge on any atom is -0.306 e. The van der Waals surface area contributed by atoms with Gasteiger partial charge in [-0.3, -0.25) is 4.79 Å². The number of allylic oxidation sites excluding steroid dienone is 2. The molecule has 1 heterocycles. The van der Waals surface area contributed by atoms with Crippen LogP contribution in [0.3, 0.4) is 0 Å². The highest BCUT2D eigenvalue weighted by Gasteiger charge is 2.32. The first-order valence-corrected chi connectivity index (χ1v) is 9.33. The maximum atomic E-state index is 13.7. The van der Waals surface area contributed by atoms with Crippen molar-refractivity contribution >= 4 is 17.3 Å². The molecule has 0 bridgehead atoms. The quantitative estimate of drug-likeness (QED) is 0.799. The van der Waals surface area contributed by atoms with Gasteiger partial charge in [0.05, 0.1) is 5.56 Å². The third-order valence-electron chi connectivity index (χ3n) is 5.84. The van der Waals surface area contributed by atoms with Crippen molar-refractivity contribution in [3.05, 3.63) is 65.1 Å². The summed E-state index contributed by atoms with van der Waals surface area (Å²) in [5.74, 6) is 1.11. The van der Waals surface area contributed by atoms with Gasteiger partial charge in [0.1, 0.15) is 11.6 Å². The van der Waals surface area contributed by atoms with Crippen LogP contribution in [0.25, 0.3) is 5.57 Å². The summed E-state index contributed by atoms with van der Waals surface area (Å²) in [6, 6.07) is 9.76. The van der Waals surface area contributed by atoms with Gasteiger partial charge in [0.2, 0.25) is 0 Å². The van der Waals surface area contributed by atoms with E-state index in [0.29, 0.717) is 5.82 Å². The van der Waals surface area contributed by atoms with E-state index in [1.807, 2.05) is 12.3 Å². The second-order valence-electron chi connectivity index (χ2n) is 7.48. The summed E-state index contributed by atoms with van der Waals surface area (Å²) >= 11 is 0. The smallest absolute Gasteiger partial charge is 0.259 e. The highest BCUT2D eigenvalue weighted by Crippen LogP contribution is 2.46. The predicted molar refractivity (Wildman–Crippen MR) is 101 cm³/mol. The molecule has 2 unspecified atom stereocenters. The molecule has 2 aliphatic carbocycles. The predicted octanol–water partition coefficient (Wildman–Crippen LogP) is 5.46. The van der Waals surface area contributed by atoms with E-state index in [9.17, 15) is 9.18 Å². The monoisotopic (exact) mass is 350 g/mol. The van der Waals surface area contributed by atoms with Crippen LogP contribution in [0.1, 0.15) is 54.9 Å². The van der Waals surface area contributed by atoms with Gasteiger partial charge in [0.25, 0.3) is 5.91 Å². The minimum absolute atomic E-state index is 0.0245. The van der Waals surface area contributed by atoms with Crippen LogP contribution in [-0.4, -0.2) is 10.9 Å². The number of nitrogens with zero attached hydrogens (tertiary/aromatic N) is 1. The molecule has 0 saturated heterocycles. The zero-order chi connectivity index (χ0) is 18.1. The molecule has 1 fully saturated rings. The third-order valence-corrected chi connectivity index (χ3v) is 5.84. The van der Waals surface area contributed by atoms with Gasteiger partial charge in [-0.2, -0.15) is 0 Å². The molecule has 2 atom stereocenters. The first-order chi connectivity index (χ1) is 12.6. The van der Waals surface area contributed by atoms with Crippen molar-refractivity contribution in [2.45, 2.75) is 39.0 Å². The summed E-state index contributed by atoms with van der Waals surface area (Å²) in [5, 5.41) is 2.67. The Balaban J connectivity index is 1.49. The van der Waals surface area contributed by atoms with E-state index in [2.05, 4.69) is 17.2 Å². The average Bonchev–Trinajstić information content (AvgIpc) is 3.09. The number of halogens is 1. The topological polar surface area (TPSA) is 42.0 Å². The minimum atomic E-state index is -0.532. The van der Waals surface area contributed by atoms with Crippen molar-refractivity contribution in [1.29, 1.82) is 0 Å². The van der Waals surface area contributed by atoms with Gasteiger partial charge >= 0.3 is 0 Å². The van der Waals surface area contributed by atoms with Crippen LogP contribution < -0.4 is 5.32 Å². The molecular formula is C22H23FN2O. The SMILES string of the molecule is CC1=C(c2ccc(NC(=O)c3ccccc3F)nc2)CC2CCCC2C1. The Morgan fingerprint density at radius 1 is 1.12 bits per heavy atom.